The zero-order valence-electron chi connectivity index (χ0n) is 12.8. The van der Waals surface area contributed by atoms with Crippen LogP contribution in [-0.2, 0) is 27.7 Å². The minimum Gasteiger partial charge on any atom is -0.383 e. The molecule has 0 amide bonds. The van der Waals surface area contributed by atoms with Gasteiger partial charge in [0, 0.05) is 14.2 Å². The highest BCUT2D eigenvalue weighted by Gasteiger charge is 2.39. The highest BCUT2D eigenvalue weighted by atomic mass is 16.5. The van der Waals surface area contributed by atoms with Gasteiger partial charge in [-0.2, -0.15) is 0 Å². The quantitative estimate of drug-likeness (QED) is 0.856. The van der Waals surface area contributed by atoms with E-state index in [1.54, 1.807) is 14.2 Å². The summed E-state index contributed by atoms with van der Waals surface area (Å²) >= 11 is 0. The smallest absolute Gasteiger partial charge is 0.0674 e. The van der Waals surface area contributed by atoms with E-state index in [1.807, 2.05) is 0 Å². The third-order valence-corrected chi connectivity index (χ3v) is 4.51. The highest BCUT2D eigenvalue weighted by molar-refractivity contribution is 5.50. The molecule has 0 fully saturated rings. The van der Waals surface area contributed by atoms with Crippen LogP contribution in [-0.4, -0.2) is 27.4 Å². The summed E-state index contributed by atoms with van der Waals surface area (Å²) in [6.45, 7) is 1.27. The van der Waals surface area contributed by atoms with Crippen molar-refractivity contribution in [2.45, 2.75) is 18.3 Å². The maximum absolute atomic E-state index is 5.63. The van der Waals surface area contributed by atoms with Crippen LogP contribution in [0.15, 0.2) is 48.5 Å². The van der Waals surface area contributed by atoms with Crippen molar-refractivity contribution in [2.75, 3.05) is 27.4 Å². The Morgan fingerprint density at radius 3 is 1.62 bits per heavy atom. The summed E-state index contributed by atoms with van der Waals surface area (Å²) in [6.07, 6.45) is 2.14. The molecule has 0 bridgehead atoms. The lowest BCUT2D eigenvalue weighted by atomic mass is 9.73. The molecule has 0 spiro atoms. The summed E-state index contributed by atoms with van der Waals surface area (Å²) in [5.41, 5.74) is 5.29. The van der Waals surface area contributed by atoms with Crippen LogP contribution in [0.1, 0.15) is 22.3 Å². The number of hydrogen-bond donors (Lipinski definition) is 0. The maximum Gasteiger partial charge on any atom is 0.0674 e. The standard InChI is InChI=1S/C19H22O2/c1-20-13-19(14-21-2)17-9-5-3-7-15(17)11-12-16-8-4-6-10-18(16)19/h3-10H,11-14H2,1-2H3. The Balaban J connectivity index is 2.27. The van der Waals surface area contributed by atoms with Crippen molar-refractivity contribution < 1.29 is 9.47 Å². The molecule has 0 saturated heterocycles. The van der Waals surface area contributed by atoms with Crippen molar-refractivity contribution in [3.05, 3.63) is 70.8 Å². The molecule has 0 aromatic heterocycles. The van der Waals surface area contributed by atoms with E-state index in [4.69, 9.17) is 9.47 Å². The van der Waals surface area contributed by atoms with Gasteiger partial charge >= 0.3 is 0 Å². The highest BCUT2D eigenvalue weighted by Crippen LogP contribution is 2.40. The molecule has 0 N–H and O–H groups in total. The molecule has 110 valence electrons. The van der Waals surface area contributed by atoms with Crippen molar-refractivity contribution in [1.82, 2.24) is 0 Å². The maximum atomic E-state index is 5.63. The zero-order valence-corrected chi connectivity index (χ0v) is 12.8. The van der Waals surface area contributed by atoms with Gasteiger partial charge in [-0.25, -0.2) is 0 Å². The molecule has 0 heterocycles. The Morgan fingerprint density at radius 1 is 0.762 bits per heavy atom. The first-order valence-corrected chi connectivity index (χ1v) is 7.46. The first-order chi connectivity index (χ1) is 10.3. The number of methoxy groups -OCH3 is 2. The number of ether oxygens (including phenoxy) is 2. The third-order valence-electron chi connectivity index (χ3n) is 4.51. The molecule has 21 heavy (non-hydrogen) atoms. The van der Waals surface area contributed by atoms with Crippen LogP contribution < -0.4 is 0 Å². The fourth-order valence-electron chi connectivity index (χ4n) is 3.67. The molecule has 3 rings (SSSR count). The summed E-state index contributed by atoms with van der Waals surface area (Å²) < 4.78 is 11.3. The fourth-order valence-corrected chi connectivity index (χ4v) is 3.67. The van der Waals surface area contributed by atoms with Gasteiger partial charge in [0.05, 0.1) is 18.6 Å². The van der Waals surface area contributed by atoms with E-state index in [1.165, 1.54) is 22.3 Å². The van der Waals surface area contributed by atoms with Crippen LogP contribution in [0.3, 0.4) is 0 Å². The molecule has 1 aliphatic rings. The monoisotopic (exact) mass is 282 g/mol. The molecule has 0 radical (unpaired) electrons. The lowest BCUT2D eigenvalue weighted by Gasteiger charge is -2.35. The van der Waals surface area contributed by atoms with Crippen LogP contribution in [0.5, 0.6) is 0 Å². The number of aryl methyl sites for hydroxylation is 2. The van der Waals surface area contributed by atoms with Gasteiger partial charge in [-0.1, -0.05) is 48.5 Å². The number of fused-ring (bicyclic) bond motifs is 2. The second-order valence-corrected chi connectivity index (χ2v) is 5.76. The van der Waals surface area contributed by atoms with E-state index < -0.39 is 0 Å². The molecule has 0 atom stereocenters. The van der Waals surface area contributed by atoms with Gasteiger partial charge in [0.1, 0.15) is 0 Å². The molecule has 1 aliphatic carbocycles. The summed E-state index contributed by atoms with van der Waals surface area (Å²) in [4.78, 5) is 0. The summed E-state index contributed by atoms with van der Waals surface area (Å²) in [7, 11) is 3.54. The average Bonchev–Trinajstić information content (AvgIpc) is 2.65. The summed E-state index contributed by atoms with van der Waals surface area (Å²) in [5, 5.41) is 0. The van der Waals surface area contributed by atoms with Gasteiger partial charge in [0.25, 0.3) is 0 Å². The van der Waals surface area contributed by atoms with Crippen molar-refractivity contribution in [3.63, 3.8) is 0 Å². The van der Waals surface area contributed by atoms with Crippen molar-refractivity contribution in [1.29, 1.82) is 0 Å². The zero-order chi connectivity index (χ0) is 14.7. The molecule has 0 aliphatic heterocycles. The Morgan fingerprint density at radius 2 is 1.19 bits per heavy atom. The molecule has 2 heteroatoms. The largest absolute Gasteiger partial charge is 0.383 e. The third kappa shape index (κ3) is 2.39. The Bertz CT molecular complexity index is 563. The Labute approximate surface area is 126 Å². The van der Waals surface area contributed by atoms with Crippen LogP contribution in [0, 0.1) is 0 Å². The van der Waals surface area contributed by atoms with Gasteiger partial charge in [-0.05, 0) is 35.1 Å². The van der Waals surface area contributed by atoms with Crippen molar-refractivity contribution >= 4 is 0 Å². The SMILES string of the molecule is COCC1(COC)c2ccccc2CCc2ccccc21. The van der Waals surface area contributed by atoms with Crippen LogP contribution in [0.2, 0.25) is 0 Å². The van der Waals surface area contributed by atoms with Crippen molar-refractivity contribution in [2.24, 2.45) is 0 Å². The molecule has 2 aromatic carbocycles. The molecule has 2 nitrogen and oxygen atoms in total. The van der Waals surface area contributed by atoms with Gasteiger partial charge < -0.3 is 9.47 Å². The van der Waals surface area contributed by atoms with E-state index in [0.29, 0.717) is 13.2 Å². The van der Waals surface area contributed by atoms with Gasteiger partial charge in [-0.3, -0.25) is 0 Å². The average molecular weight is 282 g/mol. The summed E-state index contributed by atoms with van der Waals surface area (Å²) in [5.74, 6) is 0. The fraction of sp³-hybridized carbons (Fsp3) is 0.368. The second kappa shape index (κ2) is 6.00. The van der Waals surface area contributed by atoms with Crippen LogP contribution in [0.25, 0.3) is 0 Å². The molecular weight excluding hydrogens is 260 g/mol. The van der Waals surface area contributed by atoms with E-state index in [0.717, 1.165) is 12.8 Å². The van der Waals surface area contributed by atoms with E-state index in [9.17, 15) is 0 Å². The lowest BCUT2D eigenvalue weighted by molar-refractivity contribution is 0.0791. The number of benzene rings is 2. The van der Waals surface area contributed by atoms with Gasteiger partial charge in [-0.15, -0.1) is 0 Å². The Hall–Kier alpha value is -1.64. The van der Waals surface area contributed by atoms with Crippen LogP contribution in [0.4, 0.5) is 0 Å². The van der Waals surface area contributed by atoms with Gasteiger partial charge in [0.2, 0.25) is 0 Å². The Kier molecular flexibility index (Phi) is 4.09. The second-order valence-electron chi connectivity index (χ2n) is 5.76. The predicted octanol–water partition coefficient (Wildman–Crippen LogP) is 3.36. The van der Waals surface area contributed by atoms with E-state index in [2.05, 4.69) is 48.5 Å². The minimum atomic E-state index is -0.215. The lowest BCUT2D eigenvalue weighted by Crippen LogP contribution is -2.38. The predicted molar refractivity (Wildman–Crippen MR) is 84.8 cm³/mol. The molecule has 0 saturated carbocycles. The van der Waals surface area contributed by atoms with Crippen molar-refractivity contribution in [3.8, 4) is 0 Å². The molecule has 0 unspecified atom stereocenters. The van der Waals surface area contributed by atoms with E-state index >= 15 is 0 Å². The minimum absolute atomic E-state index is 0.215. The number of hydrogen-bond acceptors (Lipinski definition) is 2. The number of rotatable bonds is 4. The molecule has 2 aromatic rings. The first kappa shape index (κ1) is 14.3. The summed E-state index contributed by atoms with van der Waals surface area (Å²) in [6, 6.07) is 17.4. The van der Waals surface area contributed by atoms with E-state index in [-0.39, 0.29) is 5.41 Å². The topological polar surface area (TPSA) is 18.5 Å². The van der Waals surface area contributed by atoms with Crippen LogP contribution >= 0.6 is 0 Å². The normalized spacial score (nSPS) is 15.9. The first-order valence-electron chi connectivity index (χ1n) is 7.46. The van der Waals surface area contributed by atoms with Gasteiger partial charge in [0.15, 0.2) is 0 Å². The molecular formula is C19H22O2.